The van der Waals surface area contributed by atoms with E-state index in [0.717, 1.165) is 39.2 Å². The van der Waals surface area contributed by atoms with Crippen molar-refractivity contribution in [2.24, 2.45) is 0 Å². The lowest BCUT2D eigenvalue weighted by Crippen LogP contribution is -2.33. The summed E-state index contributed by atoms with van der Waals surface area (Å²) < 4.78 is 2.29. The Morgan fingerprint density at radius 2 is 1.71 bits per heavy atom. The summed E-state index contributed by atoms with van der Waals surface area (Å²) in [7, 11) is 0. The first kappa shape index (κ1) is 26.7. The molecular formula is C34H33N5OS. The Morgan fingerprint density at radius 3 is 2.49 bits per heavy atom. The standard InChI is InChI=1S/C34H33N5OS/c1-22-14-16-26(17-15-22)39-23(2)21-28(24(39)3)33-32(30-12-6-7-19-35-30)37-34(41)38(33)20-18-31(40)36-29-13-8-10-25-9-4-5-11-27(25)29/h4-17,19,21,32-33H,18,20H2,1-3H3,(H,36,40)(H,37,41)/t32-,33+/m0/s1. The highest BCUT2D eigenvalue weighted by Crippen LogP contribution is 2.41. The molecule has 0 bridgehead atoms. The van der Waals surface area contributed by atoms with Crippen LogP contribution < -0.4 is 10.6 Å². The van der Waals surface area contributed by atoms with Gasteiger partial charge >= 0.3 is 0 Å². The van der Waals surface area contributed by atoms with Gasteiger partial charge in [0.05, 0.1) is 17.8 Å². The highest BCUT2D eigenvalue weighted by molar-refractivity contribution is 7.80. The van der Waals surface area contributed by atoms with Gasteiger partial charge < -0.3 is 20.1 Å². The number of nitrogens with zero attached hydrogens (tertiary/aromatic N) is 3. The van der Waals surface area contributed by atoms with Crippen LogP contribution in [-0.2, 0) is 4.79 Å². The summed E-state index contributed by atoms with van der Waals surface area (Å²) in [6.07, 6.45) is 2.11. The molecule has 0 radical (unpaired) electrons. The van der Waals surface area contributed by atoms with Crippen molar-refractivity contribution in [1.82, 2.24) is 19.8 Å². The molecule has 2 atom stereocenters. The average molecular weight is 560 g/mol. The minimum Gasteiger partial charge on any atom is -0.352 e. The van der Waals surface area contributed by atoms with Crippen LogP contribution in [0.3, 0.4) is 0 Å². The van der Waals surface area contributed by atoms with E-state index in [4.69, 9.17) is 12.2 Å². The average Bonchev–Trinajstić information content (AvgIpc) is 3.47. The number of hydrogen-bond donors (Lipinski definition) is 2. The largest absolute Gasteiger partial charge is 0.352 e. The summed E-state index contributed by atoms with van der Waals surface area (Å²) in [4.78, 5) is 20.1. The fraction of sp³-hybridized carbons (Fsp3) is 0.206. The normalized spacial score (nSPS) is 16.7. The third-order valence-electron chi connectivity index (χ3n) is 7.92. The van der Waals surface area contributed by atoms with Crippen molar-refractivity contribution in [3.63, 3.8) is 0 Å². The molecule has 3 heterocycles. The van der Waals surface area contributed by atoms with Gasteiger partial charge in [0.1, 0.15) is 0 Å². The number of rotatable bonds is 7. The van der Waals surface area contributed by atoms with Crippen molar-refractivity contribution in [2.45, 2.75) is 39.3 Å². The molecule has 2 aromatic heterocycles. The maximum atomic E-state index is 13.2. The Labute approximate surface area is 246 Å². The number of fused-ring (bicyclic) bond motifs is 1. The van der Waals surface area contributed by atoms with Crippen molar-refractivity contribution in [2.75, 3.05) is 11.9 Å². The predicted octanol–water partition coefficient (Wildman–Crippen LogP) is 6.95. The first-order valence-corrected chi connectivity index (χ1v) is 14.3. The molecule has 1 aliphatic heterocycles. The molecule has 1 saturated heterocycles. The van der Waals surface area contributed by atoms with Crippen LogP contribution in [0.1, 0.15) is 46.7 Å². The van der Waals surface area contributed by atoms with Gasteiger partial charge in [-0.2, -0.15) is 0 Å². The lowest BCUT2D eigenvalue weighted by Gasteiger charge is -2.28. The van der Waals surface area contributed by atoms with E-state index < -0.39 is 0 Å². The molecule has 2 N–H and O–H groups in total. The fourth-order valence-corrected chi connectivity index (χ4v) is 6.26. The second-order valence-electron chi connectivity index (χ2n) is 10.6. The minimum atomic E-state index is -0.142. The van der Waals surface area contributed by atoms with E-state index in [2.05, 4.69) is 88.3 Å². The zero-order valence-electron chi connectivity index (χ0n) is 23.5. The zero-order chi connectivity index (χ0) is 28.5. The number of carbonyl (C=O) groups is 1. The maximum absolute atomic E-state index is 13.2. The lowest BCUT2D eigenvalue weighted by molar-refractivity contribution is -0.116. The van der Waals surface area contributed by atoms with Gasteiger partial charge in [0.15, 0.2) is 5.11 Å². The molecule has 5 aromatic rings. The lowest BCUT2D eigenvalue weighted by atomic mass is 9.96. The van der Waals surface area contributed by atoms with Crippen LogP contribution in [0, 0.1) is 20.8 Å². The van der Waals surface area contributed by atoms with Gasteiger partial charge in [0.2, 0.25) is 5.91 Å². The number of nitrogens with one attached hydrogen (secondary N) is 2. The molecule has 41 heavy (non-hydrogen) atoms. The third-order valence-corrected chi connectivity index (χ3v) is 8.27. The molecule has 1 aliphatic rings. The summed E-state index contributed by atoms with van der Waals surface area (Å²) >= 11 is 5.88. The molecule has 1 amide bonds. The molecule has 7 heteroatoms. The second kappa shape index (κ2) is 11.2. The summed E-state index contributed by atoms with van der Waals surface area (Å²) in [6, 6.07) is 30.6. The highest BCUT2D eigenvalue weighted by Gasteiger charge is 2.41. The Hall–Kier alpha value is -4.49. The van der Waals surface area contributed by atoms with E-state index in [1.54, 1.807) is 0 Å². The van der Waals surface area contributed by atoms with E-state index in [-0.39, 0.29) is 18.0 Å². The van der Waals surface area contributed by atoms with E-state index in [1.165, 1.54) is 11.1 Å². The number of pyridine rings is 1. The fourth-order valence-electron chi connectivity index (χ4n) is 5.93. The summed E-state index contributed by atoms with van der Waals surface area (Å²) in [6.45, 7) is 6.87. The van der Waals surface area contributed by atoms with Crippen LogP contribution in [-0.4, -0.2) is 32.0 Å². The zero-order valence-corrected chi connectivity index (χ0v) is 24.3. The van der Waals surface area contributed by atoms with E-state index >= 15 is 0 Å². The monoisotopic (exact) mass is 559 g/mol. The van der Waals surface area contributed by atoms with Crippen molar-refractivity contribution in [3.05, 3.63) is 125 Å². The Bertz CT molecular complexity index is 1720. The van der Waals surface area contributed by atoms with Crippen LogP contribution in [0.25, 0.3) is 16.5 Å². The first-order valence-electron chi connectivity index (χ1n) is 13.9. The number of benzene rings is 3. The van der Waals surface area contributed by atoms with Crippen molar-refractivity contribution in [1.29, 1.82) is 0 Å². The third kappa shape index (κ3) is 5.21. The molecule has 1 fully saturated rings. The van der Waals surface area contributed by atoms with Crippen molar-refractivity contribution >= 4 is 39.7 Å². The van der Waals surface area contributed by atoms with Crippen LogP contribution in [0.15, 0.2) is 97.2 Å². The molecule has 3 aromatic carbocycles. The SMILES string of the molecule is Cc1ccc(-n2c(C)cc([C@@H]3[C@H](c4ccccn4)NC(=S)N3CCC(=O)Nc3cccc4ccccc34)c2C)cc1. The molecule has 0 saturated carbocycles. The smallest absolute Gasteiger partial charge is 0.226 e. The summed E-state index contributed by atoms with van der Waals surface area (Å²) in [5.74, 6) is -0.0469. The molecule has 206 valence electrons. The molecule has 0 spiro atoms. The van der Waals surface area contributed by atoms with Gasteiger partial charge in [0, 0.05) is 47.3 Å². The quantitative estimate of drug-likeness (QED) is 0.211. The molecular weight excluding hydrogens is 526 g/mol. The van der Waals surface area contributed by atoms with Gasteiger partial charge in [-0.3, -0.25) is 9.78 Å². The van der Waals surface area contributed by atoms with Gasteiger partial charge in [-0.15, -0.1) is 0 Å². The number of aromatic nitrogens is 2. The maximum Gasteiger partial charge on any atom is 0.226 e. The van der Waals surface area contributed by atoms with Crippen LogP contribution in [0.2, 0.25) is 0 Å². The van der Waals surface area contributed by atoms with Crippen LogP contribution in [0.5, 0.6) is 0 Å². The van der Waals surface area contributed by atoms with Gasteiger partial charge in [-0.05, 0) is 80.3 Å². The van der Waals surface area contributed by atoms with Crippen molar-refractivity contribution in [3.8, 4) is 5.69 Å². The van der Waals surface area contributed by atoms with E-state index in [1.807, 2.05) is 54.7 Å². The van der Waals surface area contributed by atoms with Crippen LogP contribution in [0.4, 0.5) is 5.69 Å². The molecule has 0 unspecified atom stereocenters. The summed E-state index contributed by atoms with van der Waals surface area (Å²) in [5.41, 5.74) is 7.55. The molecule has 0 aliphatic carbocycles. The Balaban J connectivity index is 1.31. The molecule has 6 rings (SSSR count). The van der Waals surface area contributed by atoms with Gasteiger partial charge in [0.25, 0.3) is 0 Å². The van der Waals surface area contributed by atoms with Gasteiger partial charge in [-0.1, -0.05) is 60.2 Å². The first-order chi connectivity index (χ1) is 19.9. The highest BCUT2D eigenvalue weighted by atomic mass is 32.1. The number of aryl methyl sites for hydroxylation is 2. The summed E-state index contributed by atoms with van der Waals surface area (Å²) in [5, 5.41) is 9.40. The predicted molar refractivity (Wildman–Crippen MR) is 169 cm³/mol. The van der Waals surface area contributed by atoms with Gasteiger partial charge in [-0.25, -0.2) is 0 Å². The Morgan fingerprint density at radius 1 is 0.951 bits per heavy atom. The molecule has 6 nitrogen and oxygen atoms in total. The number of anilines is 1. The Kier molecular flexibility index (Phi) is 7.28. The van der Waals surface area contributed by atoms with E-state index in [9.17, 15) is 4.79 Å². The second-order valence-corrected chi connectivity index (χ2v) is 11.0. The minimum absolute atomic E-state index is 0.0469. The number of thiocarbonyl (C=S) groups is 1. The number of hydrogen-bond acceptors (Lipinski definition) is 3. The van der Waals surface area contributed by atoms with E-state index in [0.29, 0.717) is 18.1 Å². The van der Waals surface area contributed by atoms with Crippen LogP contribution >= 0.6 is 12.2 Å². The number of carbonyl (C=O) groups excluding carboxylic acids is 1. The number of amides is 1. The topological polar surface area (TPSA) is 62.2 Å². The van der Waals surface area contributed by atoms with Crippen molar-refractivity contribution < 1.29 is 4.79 Å².